The minimum atomic E-state index is -0.498. The van der Waals surface area contributed by atoms with Gasteiger partial charge in [0.1, 0.15) is 5.56 Å². The van der Waals surface area contributed by atoms with Gasteiger partial charge in [-0.3, -0.25) is 15.0 Å². The number of aryl methyl sites for hydroxylation is 1. The zero-order chi connectivity index (χ0) is 14.7. The lowest BCUT2D eigenvalue weighted by Crippen LogP contribution is -2.38. The summed E-state index contributed by atoms with van der Waals surface area (Å²) in [4.78, 5) is 24.3. The number of nitrogens with two attached hydrogens (primary N) is 1. The van der Waals surface area contributed by atoms with Gasteiger partial charge in [-0.15, -0.1) is 0 Å². The van der Waals surface area contributed by atoms with Crippen LogP contribution in [0, 0.1) is 5.92 Å². The van der Waals surface area contributed by atoms with Gasteiger partial charge in [-0.1, -0.05) is 13.8 Å². The van der Waals surface area contributed by atoms with Gasteiger partial charge in [0.15, 0.2) is 0 Å². The zero-order valence-electron chi connectivity index (χ0n) is 12.2. The third kappa shape index (κ3) is 2.93. The molecule has 3 N–H and O–H groups in total. The summed E-state index contributed by atoms with van der Waals surface area (Å²) in [5, 5.41) is 0. The van der Waals surface area contributed by atoms with Crippen LogP contribution in [0.3, 0.4) is 0 Å². The van der Waals surface area contributed by atoms with Gasteiger partial charge in [0.25, 0.3) is 11.5 Å². The SMILES string of the molecule is CC(C)CCn1c2c(cc(C(=O)NN)c1=O)CCCC2. The Bertz CT molecular complexity index is 561. The number of fused-ring (bicyclic) bond motifs is 1. The number of hydrogen-bond donors (Lipinski definition) is 2. The van der Waals surface area contributed by atoms with Crippen LogP contribution < -0.4 is 16.8 Å². The largest absolute Gasteiger partial charge is 0.312 e. The van der Waals surface area contributed by atoms with Crippen LogP contribution >= 0.6 is 0 Å². The average Bonchev–Trinajstić information content (AvgIpc) is 2.44. The van der Waals surface area contributed by atoms with Crippen molar-refractivity contribution in [3.8, 4) is 0 Å². The number of nitrogen functional groups attached to an aromatic ring is 1. The number of nitrogens with one attached hydrogen (secondary N) is 1. The minimum Gasteiger partial charge on any atom is -0.312 e. The molecule has 0 aromatic carbocycles. The summed E-state index contributed by atoms with van der Waals surface area (Å²) < 4.78 is 1.79. The molecule has 0 atom stereocenters. The molecule has 1 amide bonds. The van der Waals surface area contributed by atoms with E-state index in [9.17, 15) is 9.59 Å². The Morgan fingerprint density at radius 2 is 2.10 bits per heavy atom. The fourth-order valence-electron chi connectivity index (χ4n) is 2.74. The first-order chi connectivity index (χ1) is 9.54. The lowest BCUT2D eigenvalue weighted by Gasteiger charge is -2.22. The van der Waals surface area contributed by atoms with Crippen LogP contribution in [0.25, 0.3) is 0 Å². The van der Waals surface area contributed by atoms with E-state index in [1.165, 1.54) is 0 Å². The van der Waals surface area contributed by atoms with E-state index in [1.807, 2.05) is 0 Å². The standard InChI is InChI=1S/C15H23N3O2/c1-10(2)7-8-18-13-6-4-3-5-11(13)9-12(15(18)20)14(19)17-16/h9-10H,3-8,16H2,1-2H3,(H,17,19). The van der Waals surface area contributed by atoms with Crippen LogP contribution in [0.15, 0.2) is 10.9 Å². The molecule has 5 heteroatoms. The Hall–Kier alpha value is -1.62. The van der Waals surface area contributed by atoms with Crippen molar-refractivity contribution in [2.45, 2.75) is 52.5 Å². The molecule has 1 heterocycles. The molecule has 0 unspecified atom stereocenters. The molecule has 1 aliphatic carbocycles. The number of aromatic nitrogens is 1. The van der Waals surface area contributed by atoms with E-state index in [-0.39, 0.29) is 11.1 Å². The van der Waals surface area contributed by atoms with E-state index < -0.39 is 5.91 Å². The summed E-state index contributed by atoms with van der Waals surface area (Å²) in [6.45, 7) is 4.94. The number of carbonyl (C=O) groups excluding carboxylic acids is 1. The predicted molar refractivity (Wildman–Crippen MR) is 78.5 cm³/mol. The number of hydrogen-bond acceptors (Lipinski definition) is 3. The van der Waals surface area contributed by atoms with Crippen molar-refractivity contribution in [2.24, 2.45) is 11.8 Å². The Morgan fingerprint density at radius 3 is 2.75 bits per heavy atom. The molecule has 5 nitrogen and oxygen atoms in total. The molecule has 20 heavy (non-hydrogen) atoms. The van der Waals surface area contributed by atoms with Crippen LogP contribution in [-0.4, -0.2) is 10.5 Å². The highest BCUT2D eigenvalue weighted by Crippen LogP contribution is 2.21. The third-order valence-electron chi connectivity index (χ3n) is 3.91. The summed E-state index contributed by atoms with van der Waals surface area (Å²) in [5.74, 6) is 5.20. The highest BCUT2D eigenvalue weighted by atomic mass is 16.2. The second kappa shape index (κ2) is 6.22. The molecule has 0 bridgehead atoms. The van der Waals surface area contributed by atoms with E-state index in [0.717, 1.165) is 43.4 Å². The van der Waals surface area contributed by atoms with Crippen molar-refractivity contribution >= 4 is 5.91 Å². The van der Waals surface area contributed by atoms with E-state index in [0.29, 0.717) is 12.5 Å². The molecule has 0 radical (unpaired) electrons. The maximum absolute atomic E-state index is 12.5. The summed E-state index contributed by atoms with van der Waals surface area (Å²) in [6.07, 6.45) is 5.00. The fourth-order valence-corrected chi connectivity index (χ4v) is 2.74. The number of hydrazine groups is 1. The van der Waals surface area contributed by atoms with E-state index in [1.54, 1.807) is 10.6 Å². The van der Waals surface area contributed by atoms with Crippen molar-refractivity contribution in [3.05, 3.63) is 33.2 Å². The summed E-state index contributed by atoms with van der Waals surface area (Å²) in [6, 6.07) is 1.73. The lowest BCUT2D eigenvalue weighted by molar-refractivity contribution is 0.0951. The van der Waals surface area contributed by atoms with Crippen molar-refractivity contribution in [3.63, 3.8) is 0 Å². The Balaban J connectivity index is 2.50. The zero-order valence-corrected chi connectivity index (χ0v) is 12.2. The van der Waals surface area contributed by atoms with Gasteiger partial charge >= 0.3 is 0 Å². The highest BCUT2D eigenvalue weighted by Gasteiger charge is 2.20. The molecule has 0 spiro atoms. The minimum absolute atomic E-state index is 0.164. The first kappa shape index (κ1) is 14.8. The predicted octanol–water partition coefficient (Wildman–Crippen LogP) is 1.38. The topological polar surface area (TPSA) is 77.1 Å². The van der Waals surface area contributed by atoms with Gasteiger partial charge in [0.2, 0.25) is 0 Å². The third-order valence-corrected chi connectivity index (χ3v) is 3.91. The molecule has 110 valence electrons. The van der Waals surface area contributed by atoms with Gasteiger partial charge in [0.05, 0.1) is 0 Å². The Morgan fingerprint density at radius 1 is 1.40 bits per heavy atom. The van der Waals surface area contributed by atoms with Crippen LogP contribution in [0.2, 0.25) is 0 Å². The van der Waals surface area contributed by atoms with Crippen LogP contribution in [0.5, 0.6) is 0 Å². The Labute approximate surface area is 119 Å². The lowest BCUT2D eigenvalue weighted by atomic mass is 9.94. The molecular weight excluding hydrogens is 254 g/mol. The highest BCUT2D eigenvalue weighted by molar-refractivity contribution is 5.93. The van der Waals surface area contributed by atoms with Crippen molar-refractivity contribution in [2.75, 3.05) is 0 Å². The second-order valence-corrected chi connectivity index (χ2v) is 5.85. The van der Waals surface area contributed by atoms with E-state index >= 15 is 0 Å². The molecule has 1 aromatic rings. The van der Waals surface area contributed by atoms with E-state index in [2.05, 4.69) is 19.3 Å². The number of rotatable bonds is 4. The number of amides is 1. The van der Waals surface area contributed by atoms with Gasteiger partial charge in [-0.25, -0.2) is 5.84 Å². The van der Waals surface area contributed by atoms with Crippen molar-refractivity contribution in [1.29, 1.82) is 0 Å². The van der Waals surface area contributed by atoms with Crippen LogP contribution in [0.1, 0.15) is 54.7 Å². The molecule has 1 aliphatic rings. The van der Waals surface area contributed by atoms with Crippen LogP contribution in [0.4, 0.5) is 0 Å². The number of carbonyl (C=O) groups is 1. The van der Waals surface area contributed by atoms with Gasteiger partial charge in [0, 0.05) is 12.2 Å². The second-order valence-electron chi connectivity index (χ2n) is 5.85. The monoisotopic (exact) mass is 277 g/mol. The summed E-state index contributed by atoms with van der Waals surface area (Å²) >= 11 is 0. The van der Waals surface area contributed by atoms with Crippen molar-refractivity contribution in [1.82, 2.24) is 9.99 Å². The first-order valence-electron chi connectivity index (χ1n) is 7.31. The van der Waals surface area contributed by atoms with E-state index in [4.69, 9.17) is 5.84 Å². The van der Waals surface area contributed by atoms with Crippen molar-refractivity contribution < 1.29 is 4.79 Å². The molecule has 0 aliphatic heterocycles. The Kier molecular flexibility index (Phi) is 4.60. The smallest absolute Gasteiger partial charge is 0.270 e. The summed E-state index contributed by atoms with van der Waals surface area (Å²) in [5.41, 5.74) is 4.25. The summed E-state index contributed by atoms with van der Waals surface area (Å²) in [7, 11) is 0. The number of pyridine rings is 1. The average molecular weight is 277 g/mol. The van der Waals surface area contributed by atoms with Crippen LogP contribution in [-0.2, 0) is 19.4 Å². The molecule has 0 saturated heterocycles. The quantitative estimate of drug-likeness (QED) is 0.496. The maximum Gasteiger partial charge on any atom is 0.270 e. The molecule has 2 rings (SSSR count). The van der Waals surface area contributed by atoms with Gasteiger partial charge in [-0.2, -0.15) is 0 Å². The first-order valence-corrected chi connectivity index (χ1v) is 7.31. The van der Waals surface area contributed by atoms with Gasteiger partial charge < -0.3 is 4.57 Å². The fraction of sp³-hybridized carbons (Fsp3) is 0.600. The maximum atomic E-state index is 12.5. The molecule has 1 aromatic heterocycles. The molecular formula is C15H23N3O2. The number of nitrogens with zero attached hydrogens (tertiary/aromatic N) is 1. The molecule has 0 fully saturated rings. The normalized spacial score (nSPS) is 14.2. The molecule has 0 saturated carbocycles. The van der Waals surface area contributed by atoms with Gasteiger partial charge in [-0.05, 0) is 49.7 Å².